The van der Waals surface area contributed by atoms with Crippen molar-refractivity contribution in [1.82, 2.24) is 0 Å². The Bertz CT molecular complexity index is 196. The van der Waals surface area contributed by atoms with Gasteiger partial charge in [-0.2, -0.15) is 8.42 Å². The molecule has 4 heteroatoms. The zero-order valence-corrected chi connectivity index (χ0v) is 8.86. The number of unbranched alkanes of at least 4 members (excludes halogenated alkanes) is 1. The summed E-state index contributed by atoms with van der Waals surface area (Å²) in [5, 5.41) is 0. The van der Waals surface area contributed by atoms with Crippen LogP contribution < -0.4 is 0 Å². The van der Waals surface area contributed by atoms with Crippen molar-refractivity contribution in [2.75, 3.05) is 12.9 Å². The molecule has 0 spiro atoms. The Kier molecular flexibility index (Phi) is 5.50. The zero-order chi connectivity index (χ0) is 9.61. The summed E-state index contributed by atoms with van der Waals surface area (Å²) in [6.45, 7) is 4.43. The predicted octanol–water partition coefficient (Wildman–Crippen LogP) is 1.79. The maximum atomic E-state index is 10.6. The van der Waals surface area contributed by atoms with E-state index in [4.69, 9.17) is 0 Å². The van der Waals surface area contributed by atoms with E-state index in [0.717, 1.165) is 25.5 Å². The summed E-state index contributed by atoms with van der Waals surface area (Å²) < 4.78 is 25.8. The number of hydrogen-bond donors (Lipinski definition) is 0. The van der Waals surface area contributed by atoms with Crippen LogP contribution in [0.3, 0.4) is 0 Å². The fourth-order valence-corrected chi connectivity index (χ4v) is 1.36. The highest BCUT2D eigenvalue weighted by Gasteiger charge is 2.06. The van der Waals surface area contributed by atoms with E-state index in [1.807, 2.05) is 6.92 Å². The summed E-state index contributed by atoms with van der Waals surface area (Å²) in [6.07, 6.45) is 4.39. The molecule has 0 amide bonds. The van der Waals surface area contributed by atoms with E-state index >= 15 is 0 Å². The third kappa shape index (κ3) is 8.01. The van der Waals surface area contributed by atoms with Crippen molar-refractivity contribution < 1.29 is 12.6 Å². The van der Waals surface area contributed by atoms with Crippen molar-refractivity contribution in [3.63, 3.8) is 0 Å². The first-order valence-corrected chi connectivity index (χ1v) is 6.11. The molecule has 0 rings (SSSR count). The Morgan fingerprint density at radius 3 is 2.42 bits per heavy atom. The Labute approximate surface area is 75.2 Å². The predicted molar refractivity (Wildman–Crippen MR) is 49.5 cm³/mol. The second-order valence-electron chi connectivity index (χ2n) is 3.24. The Balaban J connectivity index is 3.51. The van der Waals surface area contributed by atoms with Crippen LogP contribution in [0.4, 0.5) is 0 Å². The van der Waals surface area contributed by atoms with Gasteiger partial charge in [0.15, 0.2) is 0 Å². The quantitative estimate of drug-likeness (QED) is 0.605. The van der Waals surface area contributed by atoms with Crippen LogP contribution in [0.25, 0.3) is 0 Å². The SMILES string of the molecule is CCCCC(C)COS(C)(=O)=O. The summed E-state index contributed by atoms with van der Waals surface area (Å²) >= 11 is 0. The number of rotatable bonds is 6. The molecule has 0 aromatic carbocycles. The van der Waals surface area contributed by atoms with Crippen LogP contribution in [-0.2, 0) is 14.3 Å². The van der Waals surface area contributed by atoms with Gasteiger partial charge in [0.25, 0.3) is 10.1 Å². The van der Waals surface area contributed by atoms with Gasteiger partial charge >= 0.3 is 0 Å². The van der Waals surface area contributed by atoms with E-state index in [1.165, 1.54) is 0 Å². The van der Waals surface area contributed by atoms with E-state index in [2.05, 4.69) is 11.1 Å². The summed E-state index contributed by atoms with van der Waals surface area (Å²) in [5.41, 5.74) is 0. The smallest absolute Gasteiger partial charge is 0.264 e. The second-order valence-corrected chi connectivity index (χ2v) is 4.88. The molecule has 0 aliphatic heterocycles. The van der Waals surface area contributed by atoms with E-state index in [1.54, 1.807) is 0 Å². The first-order valence-electron chi connectivity index (χ1n) is 4.30. The molecule has 0 radical (unpaired) electrons. The topological polar surface area (TPSA) is 43.4 Å². The van der Waals surface area contributed by atoms with Crippen molar-refractivity contribution in [3.05, 3.63) is 0 Å². The van der Waals surface area contributed by atoms with Crippen molar-refractivity contribution >= 4 is 10.1 Å². The minimum Gasteiger partial charge on any atom is -0.270 e. The zero-order valence-electron chi connectivity index (χ0n) is 8.04. The molecule has 74 valence electrons. The van der Waals surface area contributed by atoms with Gasteiger partial charge in [-0.25, -0.2) is 0 Å². The molecule has 0 aliphatic rings. The molecule has 0 bridgehead atoms. The second kappa shape index (κ2) is 5.54. The largest absolute Gasteiger partial charge is 0.270 e. The van der Waals surface area contributed by atoms with Crippen molar-refractivity contribution in [2.24, 2.45) is 5.92 Å². The third-order valence-corrected chi connectivity index (χ3v) is 2.18. The maximum Gasteiger partial charge on any atom is 0.264 e. The van der Waals surface area contributed by atoms with Crippen LogP contribution in [0.2, 0.25) is 0 Å². The van der Waals surface area contributed by atoms with Crippen LogP contribution in [0.15, 0.2) is 0 Å². The van der Waals surface area contributed by atoms with E-state index in [-0.39, 0.29) is 0 Å². The summed E-state index contributed by atoms with van der Waals surface area (Å²) in [5.74, 6) is 0.333. The highest BCUT2D eigenvalue weighted by molar-refractivity contribution is 7.85. The monoisotopic (exact) mass is 194 g/mol. The van der Waals surface area contributed by atoms with E-state index in [9.17, 15) is 8.42 Å². The third-order valence-electron chi connectivity index (χ3n) is 1.62. The minimum absolute atomic E-state index is 0.318. The summed E-state index contributed by atoms with van der Waals surface area (Å²) in [7, 11) is -3.24. The van der Waals surface area contributed by atoms with E-state index < -0.39 is 10.1 Å². The fraction of sp³-hybridized carbons (Fsp3) is 1.00. The lowest BCUT2D eigenvalue weighted by atomic mass is 10.1. The van der Waals surface area contributed by atoms with Gasteiger partial charge in [0.1, 0.15) is 0 Å². The van der Waals surface area contributed by atoms with Crippen LogP contribution in [0, 0.1) is 5.92 Å². The maximum absolute atomic E-state index is 10.6. The van der Waals surface area contributed by atoms with Crippen molar-refractivity contribution in [1.29, 1.82) is 0 Å². The fourth-order valence-electron chi connectivity index (χ4n) is 0.876. The minimum atomic E-state index is -3.24. The molecular weight excluding hydrogens is 176 g/mol. The lowest BCUT2D eigenvalue weighted by Crippen LogP contribution is -2.10. The van der Waals surface area contributed by atoms with Crippen LogP contribution in [-0.4, -0.2) is 21.3 Å². The van der Waals surface area contributed by atoms with Gasteiger partial charge in [-0.1, -0.05) is 26.7 Å². The number of hydrogen-bond acceptors (Lipinski definition) is 3. The Morgan fingerprint density at radius 1 is 1.42 bits per heavy atom. The molecule has 0 aromatic rings. The molecule has 0 fully saturated rings. The summed E-state index contributed by atoms with van der Waals surface area (Å²) in [6, 6.07) is 0. The van der Waals surface area contributed by atoms with Gasteiger partial charge in [0.2, 0.25) is 0 Å². The first kappa shape index (κ1) is 11.9. The molecule has 1 unspecified atom stereocenters. The van der Waals surface area contributed by atoms with Gasteiger partial charge in [0.05, 0.1) is 12.9 Å². The van der Waals surface area contributed by atoms with Gasteiger partial charge in [-0.3, -0.25) is 4.18 Å². The van der Waals surface area contributed by atoms with Gasteiger partial charge < -0.3 is 0 Å². The molecule has 0 saturated carbocycles. The lowest BCUT2D eigenvalue weighted by Gasteiger charge is -2.09. The van der Waals surface area contributed by atoms with Crippen molar-refractivity contribution in [2.45, 2.75) is 33.1 Å². The molecular formula is C8H18O3S. The van der Waals surface area contributed by atoms with Crippen LogP contribution in [0.5, 0.6) is 0 Å². The molecule has 1 atom stereocenters. The standard InChI is InChI=1S/C8H18O3S/c1-4-5-6-8(2)7-11-12(3,9)10/h8H,4-7H2,1-3H3. The molecule has 0 heterocycles. The molecule has 0 aromatic heterocycles. The average Bonchev–Trinajstić information content (AvgIpc) is 1.95. The highest BCUT2D eigenvalue weighted by Crippen LogP contribution is 2.08. The Morgan fingerprint density at radius 2 is 2.00 bits per heavy atom. The van der Waals surface area contributed by atoms with Crippen molar-refractivity contribution in [3.8, 4) is 0 Å². The summed E-state index contributed by atoms with van der Waals surface area (Å²) in [4.78, 5) is 0. The van der Waals surface area contributed by atoms with Gasteiger partial charge in [0, 0.05) is 0 Å². The van der Waals surface area contributed by atoms with Crippen LogP contribution >= 0.6 is 0 Å². The van der Waals surface area contributed by atoms with Gasteiger partial charge in [-0.15, -0.1) is 0 Å². The highest BCUT2D eigenvalue weighted by atomic mass is 32.2. The molecule has 3 nitrogen and oxygen atoms in total. The van der Waals surface area contributed by atoms with Crippen LogP contribution in [0.1, 0.15) is 33.1 Å². The lowest BCUT2D eigenvalue weighted by molar-refractivity contribution is 0.257. The normalized spacial score (nSPS) is 14.6. The Hall–Kier alpha value is -0.0900. The molecule has 12 heavy (non-hydrogen) atoms. The molecule has 0 saturated heterocycles. The average molecular weight is 194 g/mol. The molecule has 0 aliphatic carbocycles. The van der Waals surface area contributed by atoms with E-state index in [0.29, 0.717) is 12.5 Å². The van der Waals surface area contributed by atoms with Gasteiger partial charge in [-0.05, 0) is 12.3 Å². The molecule has 0 N–H and O–H groups in total. The first-order chi connectivity index (χ1) is 5.45.